The lowest BCUT2D eigenvalue weighted by Crippen LogP contribution is -2.31. The number of nitrogens with zero attached hydrogens (tertiary/aromatic N) is 3. The molecule has 0 aliphatic carbocycles. The summed E-state index contributed by atoms with van der Waals surface area (Å²) < 4.78 is 15.8. The van der Waals surface area contributed by atoms with Gasteiger partial charge >= 0.3 is 0 Å². The number of rotatable bonds is 9. The highest BCUT2D eigenvalue weighted by Crippen LogP contribution is 2.35. The molecule has 0 saturated carbocycles. The maximum absolute atomic E-state index is 12.3. The molecule has 0 fully saturated rings. The summed E-state index contributed by atoms with van der Waals surface area (Å²) in [6.07, 6.45) is 3.42. The lowest BCUT2D eigenvalue weighted by atomic mass is 10.1. The summed E-state index contributed by atoms with van der Waals surface area (Å²) in [4.78, 5) is 13.8. The number of amides is 1. The molecule has 132 valence electrons. The van der Waals surface area contributed by atoms with Crippen LogP contribution < -0.4 is 14.2 Å². The molecule has 0 N–H and O–H groups in total. The standard InChI is InChI=1S/C18H21N3O4/c1-23-15-13-17(25-3)16(24-2)12-14(15)6-7-18(22)21(10-4-8-19)11-5-9-20/h6-7,12-13H,4-5,10-11H2,1-3H3/b7-6+. The molecule has 0 spiro atoms. The first-order chi connectivity index (χ1) is 12.1. The molecule has 0 atom stereocenters. The van der Waals surface area contributed by atoms with Crippen molar-refractivity contribution in [1.82, 2.24) is 4.90 Å². The monoisotopic (exact) mass is 343 g/mol. The number of hydrogen-bond donors (Lipinski definition) is 0. The first-order valence-corrected chi connectivity index (χ1v) is 7.62. The molecule has 1 amide bonds. The van der Waals surface area contributed by atoms with Crippen LogP contribution in [0.15, 0.2) is 18.2 Å². The molecule has 7 heteroatoms. The van der Waals surface area contributed by atoms with Crippen LogP contribution >= 0.6 is 0 Å². The molecule has 0 radical (unpaired) electrons. The highest BCUT2D eigenvalue weighted by atomic mass is 16.5. The van der Waals surface area contributed by atoms with Gasteiger partial charge in [-0.25, -0.2) is 0 Å². The van der Waals surface area contributed by atoms with Crippen LogP contribution in [0, 0.1) is 22.7 Å². The predicted molar refractivity (Wildman–Crippen MR) is 92.2 cm³/mol. The van der Waals surface area contributed by atoms with Crippen LogP contribution in [0.1, 0.15) is 18.4 Å². The van der Waals surface area contributed by atoms with Gasteiger partial charge in [0, 0.05) is 30.8 Å². The Morgan fingerprint density at radius 1 is 1.00 bits per heavy atom. The van der Waals surface area contributed by atoms with E-state index in [1.165, 1.54) is 32.3 Å². The number of hydrogen-bond acceptors (Lipinski definition) is 6. The van der Waals surface area contributed by atoms with Crippen molar-refractivity contribution in [2.75, 3.05) is 34.4 Å². The van der Waals surface area contributed by atoms with Gasteiger partial charge in [0.05, 0.1) is 46.3 Å². The van der Waals surface area contributed by atoms with Crippen molar-refractivity contribution in [3.63, 3.8) is 0 Å². The van der Waals surface area contributed by atoms with E-state index in [0.29, 0.717) is 22.8 Å². The van der Waals surface area contributed by atoms with Gasteiger partial charge < -0.3 is 19.1 Å². The van der Waals surface area contributed by atoms with E-state index in [2.05, 4.69) is 0 Å². The first-order valence-electron chi connectivity index (χ1n) is 7.62. The minimum absolute atomic E-state index is 0.213. The van der Waals surface area contributed by atoms with Gasteiger partial charge in [-0.3, -0.25) is 4.79 Å². The second-order valence-electron chi connectivity index (χ2n) is 4.92. The molecule has 0 aliphatic heterocycles. The maximum atomic E-state index is 12.3. The fourth-order valence-electron chi connectivity index (χ4n) is 2.15. The first kappa shape index (κ1) is 19.9. The van der Waals surface area contributed by atoms with Gasteiger partial charge in [-0.1, -0.05) is 0 Å². The smallest absolute Gasteiger partial charge is 0.246 e. The third-order valence-corrected chi connectivity index (χ3v) is 3.44. The Bertz CT molecular complexity index is 683. The predicted octanol–water partition coefficient (Wildman–Crippen LogP) is 2.38. The van der Waals surface area contributed by atoms with E-state index in [9.17, 15) is 4.79 Å². The third-order valence-electron chi connectivity index (χ3n) is 3.44. The molecular formula is C18H21N3O4. The van der Waals surface area contributed by atoms with Gasteiger partial charge in [-0.15, -0.1) is 0 Å². The highest BCUT2D eigenvalue weighted by Gasteiger charge is 2.12. The van der Waals surface area contributed by atoms with Crippen LogP contribution in [0.3, 0.4) is 0 Å². The quantitative estimate of drug-likeness (QED) is 0.639. The molecule has 25 heavy (non-hydrogen) atoms. The number of methoxy groups -OCH3 is 3. The fourth-order valence-corrected chi connectivity index (χ4v) is 2.15. The van der Waals surface area contributed by atoms with Gasteiger partial charge in [-0.05, 0) is 12.1 Å². The Labute approximate surface area is 147 Å². The molecule has 0 unspecified atom stereocenters. The molecule has 7 nitrogen and oxygen atoms in total. The van der Waals surface area contributed by atoms with E-state index in [4.69, 9.17) is 24.7 Å². The molecule has 1 rings (SSSR count). The van der Waals surface area contributed by atoms with Crippen molar-refractivity contribution in [2.45, 2.75) is 12.8 Å². The van der Waals surface area contributed by atoms with E-state index < -0.39 is 0 Å². The minimum Gasteiger partial charge on any atom is -0.496 e. The molecule has 1 aromatic carbocycles. The van der Waals surface area contributed by atoms with Crippen molar-refractivity contribution >= 4 is 12.0 Å². The Kier molecular flexibility index (Phi) is 8.39. The molecule has 0 heterocycles. The second-order valence-corrected chi connectivity index (χ2v) is 4.92. The number of nitriles is 2. The summed E-state index contributed by atoms with van der Waals surface area (Å²) in [6.45, 7) is 0.564. The number of benzene rings is 1. The Hall–Kier alpha value is -3.19. The second kappa shape index (κ2) is 10.6. The number of carbonyl (C=O) groups excluding carboxylic acids is 1. The number of carbonyl (C=O) groups is 1. The van der Waals surface area contributed by atoms with Gasteiger partial charge in [0.2, 0.25) is 5.91 Å². The zero-order valence-electron chi connectivity index (χ0n) is 14.6. The summed E-state index contributed by atoms with van der Waals surface area (Å²) in [7, 11) is 4.57. The SMILES string of the molecule is COc1cc(OC)c(OC)cc1/C=C/C(=O)N(CCC#N)CCC#N. The molecule has 0 saturated heterocycles. The van der Waals surface area contributed by atoms with Crippen LogP contribution in [0.5, 0.6) is 17.2 Å². The summed E-state index contributed by atoms with van der Waals surface area (Å²) in [5, 5.41) is 17.4. The zero-order chi connectivity index (χ0) is 18.7. The molecule has 1 aromatic rings. The fraction of sp³-hybridized carbons (Fsp3) is 0.389. The lowest BCUT2D eigenvalue weighted by molar-refractivity contribution is -0.125. The average Bonchev–Trinajstić information content (AvgIpc) is 2.65. The van der Waals surface area contributed by atoms with Crippen LogP contribution in [0.25, 0.3) is 6.08 Å². The highest BCUT2D eigenvalue weighted by molar-refractivity contribution is 5.92. The molecule has 0 bridgehead atoms. The normalized spacial score (nSPS) is 9.96. The van der Waals surface area contributed by atoms with Gasteiger partial charge in [0.1, 0.15) is 5.75 Å². The van der Waals surface area contributed by atoms with Crippen LogP contribution in [0.2, 0.25) is 0 Å². The van der Waals surface area contributed by atoms with E-state index in [1.807, 2.05) is 12.1 Å². The Morgan fingerprint density at radius 2 is 1.52 bits per heavy atom. The van der Waals surface area contributed by atoms with E-state index >= 15 is 0 Å². The third kappa shape index (κ3) is 5.74. The van der Waals surface area contributed by atoms with E-state index in [-0.39, 0.29) is 31.8 Å². The molecule has 0 aliphatic rings. The van der Waals surface area contributed by atoms with Crippen molar-refractivity contribution in [1.29, 1.82) is 10.5 Å². The Balaban J connectivity index is 3.03. The lowest BCUT2D eigenvalue weighted by Gasteiger charge is -2.18. The number of ether oxygens (including phenoxy) is 3. The molecular weight excluding hydrogens is 322 g/mol. The van der Waals surface area contributed by atoms with E-state index in [1.54, 1.807) is 18.2 Å². The van der Waals surface area contributed by atoms with Crippen LogP contribution in [-0.2, 0) is 4.79 Å². The Morgan fingerprint density at radius 3 is 2.00 bits per heavy atom. The minimum atomic E-state index is -0.276. The maximum Gasteiger partial charge on any atom is 0.246 e. The van der Waals surface area contributed by atoms with Crippen molar-refractivity contribution in [3.8, 4) is 29.4 Å². The van der Waals surface area contributed by atoms with Crippen molar-refractivity contribution < 1.29 is 19.0 Å². The largest absolute Gasteiger partial charge is 0.496 e. The van der Waals surface area contributed by atoms with Crippen molar-refractivity contribution in [3.05, 3.63) is 23.8 Å². The zero-order valence-corrected chi connectivity index (χ0v) is 14.6. The van der Waals surface area contributed by atoms with E-state index in [0.717, 1.165) is 0 Å². The van der Waals surface area contributed by atoms with Gasteiger partial charge in [0.25, 0.3) is 0 Å². The van der Waals surface area contributed by atoms with Crippen LogP contribution in [0.4, 0.5) is 0 Å². The average molecular weight is 343 g/mol. The summed E-state index contributed by atoms with van der Waals surface area (Å²) >= 11 is 0. The summed E-state index contributed by atoms with van der Waals surface area (Å²) in [6, 6.07) is 7.37. The summed E-state index contributed by atoms with van der Waals surface area (Å²) in [5.41, 5.74) is 0.647. The van der Waals surface area contributed by atoms with Crippen LogP contribution in [-0.4, -0.2) is 45.2 Å². The van der Waals surface area contributed by atoms with Gasteiger partial charge in [0.15, 0.2) is 11.5 Å². The summed E-state index contributed by atoms with van der Waals surface area (Å²) in [5.74, 6) is 1.29. The van der Waals surface area contributed by atoms with Crippen molar-refractivity contribution in [2.24, 2.45) is 0 Å². The van der Waals surface area contributed by atoms with Gasteiger partial charge in [-0.2, -0.15) is 10.5 Å². The molecule has 0 aromatic heterocycles. The topological polar surface area (TPSA) is 95.6 Å².